The van der Waals surface area contributed by atoms with Crippen LogP contribution in [0.4, 0.5) is 4.39 Å². The summed E-state index contributed by atoms with van der Waals surface area (Å²) in [5.74, 6) is 0.644. The topological polar surface area (TPSA) is 56.1 Å². The van der Waals surface area contributed by atoms with Gasteiger partial charge in [0.25, 0.3) is 5.91 Å². The van der Waals surface area contributed by atoms with Crippen LogP contribution in [0.25, 0.3) is 11.0 Å². The van der Waals surface area contributed by atoms with Crippen LogP contribution in [-0.2, 0) is 13.5 Å². The van der Waals surface area contributed by atoms with E-state index >= 15 is 0 Å². The predicted octanol–water partition coefficient (Wildman–Crippen LogP) is 2.69. The number of amides is 1. The average molecular weight is 327 g/mol. The van der Waals surface area contributed by atoms with Crippen LogP contribution < -0.4 is 10.1 Å². The van der Waals surface area contributed by atoms with Gasteiger partial charge in [-0.15, -0.1) is 0 Å². The van der Waals surface area contributed by atoms with Crippen LogP contribution in [0.5, 0.6) is 5.75 Å². The molecule has 124 valence electrons. The zero-order chi connectivity index (χ0) is 17.1. The van der Waals surface area contributed by atoms with E-state index in [2.05, 4.69) is 10.3 Å². The molecule has 0 unspecified atom stereocenters. The highest BCUT2D eigenvalue weighted by molar-refractivity contribution is 5.94. The SMILES string of the molecule is COc1ccc2c(c1)nc(CCNC(=O)c1ccccc1F)n2C. The molecule has 0 saturated heterocycles. The van der Waals surface area contributed by atoms with Crippen LogP contribution in [0.3, 0.4) is 0 Å². The fourth-order valence-electron chi connectivity index (χ4n) is 2.61. The maximum Gasteiger partial charge on any atom is 0.254 e. The van der Waals surface area contributed by atoms with Crippen molar-refractivity contribution in [2.45, 2.75) is 6.42 Å². The number of nitrogens with zero attached hydrogens (tertiary/aromatic N) is 2. The lowest BCUT2D eigenvalue weighted by Crippen LogP contribution is -2.27. The molecule has 0 fully saturated rings. The second-order valence-electron chi connectivity index (χ2n) is 5.43. The van der Waals surface area contributed by atoms with Crippen molar-refractivity contribution in [3.8, 4) is 5.75 Å². The summed E-state index contributed by atoms with van der Waals surface area (Å²) in [6.45, 7) is 0.376. The molecule has 1 aromatic heterocycles. The first-order chi connectivity index (χ1) is 11.6. The second kappa shape index (κ2) is 6.70. The van der Waals surface area contributed by atoms with Crippen LogP contribution in [0.15, 0.2) is 42.5 Å². The van der Waals surface area contributed by atoms with E-state index in [9.17, 15) is 9.18 Å². The van der Waals surface area contributed by atoms with Gasteiger partial charge in [0.2, 0.25) is 0 Å². The number of fused-ring (bicyclic) bond motifs is 1. The number of rotatable bonds is 5. The Morgan fingerprint density at radius 3 is 2.83 bits per heavy atom. The van der Waals surface area contributed by atoms with Crippen molar-refractivity contribution in [3.05, 3.63) is 59.7 Å². The summed E-state index contributed by atoms with van der Waals surface area (Å²) < 4.78 is 20.8. The summed E-state index contributed by atoms with van der Waals surface area (Å²) in [7, 11) is 3.54. The summed E-state index contributed by atoms with van der Waals surface area (Å²) in [5.41, 5.74) is 1.88. The van der Waals surface area contributed by atoms with Gasteiger partial charge in [-0.05, 0) is 24.3 Å². The molecule has 6 heteroatoms. The monoisotopic (exact) mass is 327 g/mol. The molecule has 0 aliphatic heterocycles. The van der Waals surface area contributed by atoms with E-state index in [4.69, 9.17) is 4.74 Å². The van der Waals surface area contributed by atoms with Gasteiger partial charge in [-0.2, -0.15) is 0 Å². The molecule has 2 aromatic carbocycles. The van der Waals surface area contributed by atoms with Crippen LogP contribution >= 0.6 is 0 Å². The molecule has 1 N–H and O–H groups in total. The Kier molecular flexibility index (Phi) is 4.46. The standard InChI is InChI=1S/C18H18FN3O2/c1-22-16-8-7-12(24-2)11-15(16)21-17(22)9-10-20-18(23)13-5-3-4-6-14(13)19/h3-8,11H,9-10H2,1-2H3,(H,20,23). The Hall–Kier alpha value is -2.89. The largest absolute Gasteiger partial charge is 0.497 e. The molecule has 0 radical (unpaired) electrons. The van der Waals surface area contributed by atoms with Gasteiger partial charge in [0.05, 0.1) is 23.7 Å². The van der Waals surface area contributed by atoms with E-state index in [1.807, 2.05) is 29.8 Å². The first kappa shape index (κ1) is 16.0. The average Bonchev–Trinajstić information content (AvgIpc) is 2.90. The summed E-state index contributed by atoms with van der Waals surface area (Å²) in [6, 6.07) is 11.6. The van der Waals surface area contributed by atoms with E-state index < -0.39 is 11.7 Å². The maximum atomic E-state index is 13.6. The molecular formula is C18H18FN3O2. The summed E-state index contributed by atoms with van der Waals surface area (Å²) in [5, 5.41) is 2.73. The van der Waals surface area contributed by atoms with Crippen molar-refractivity contribution in [2.24, 2.45) is 7.05 Å². The van der Waals surface area contributed by atoms with Crippen molar-refractivity contribution in [3.63, 3.8) is 0 Å². The van der Waals surface area contributed by atoms with Crippen LogP contribution in [-0.4, -0.2) is 29.1 Å². The number of carbonyl (C=O) groups is 1. The Bertz CT molecular complexity index is 889. The van der Waals surface area contributed by atoms with Gasteiger partial charge in [0.1, 0.15) is 17.4 Å². The number of nitrogens with one attached hydrogen (secondary N) is 1. The highest BCUT2D eigenvalue weighted by Crippen LogP contribution is 2.21. The van der Waals surface area contributed by atoms with Gasteiger partial charge in [0, 0.05) is 26.1 Å². The molecule has 1 heterocycles. The number of imidazole rings is 1. The summed E-state index contributed by atoms with van der Waals surface area (Å²) >= 11 is 0. The highest BCUT2D eigenvalue weighted by atomic mass is 19.1. The zero-order valence-electron chi connectivity index (χ0n) is 13.5. The smallest absolute Gasteiger partial charge is 0.254 e. The Labute approximate surface area is 139 Å². The molecule has 3 rings (SSSR count). The summed E-state index contributed by atoms with van der Waals surface area (Å²) in [6.07, 6.45) is 0.549. The molecule has 0 atom stereocenters. The van der Waals surface area contributed by atoms with E-state index in [0.29, 0.717) is 13.0 Å². The number of carbonyl (C=O) groups excluding carboxylic acids is 1. The van der Waals surface area contributed by atoms with Crippen molar-refractivity contribution in [1.82, 2.24) is 14.9 Å². The number of hydrogen-bond acceptors (Lipinski definition) is 3. The number of ether oxygens (including phenoxy) is 1. The Morgan fingerprint density at radius 2 is 2.08 bits per heavy atom. The van der Waals surface area contributed by atoms with Gasteiger partial charge in [0.15, 0.2) is 0 Å². The molecular weight excluding hydrogens is 309 g/mol. The maximum absolute atomic E-state index is 13.6. The fourth-order valence-corrected chi connectivity index (χ4v) is 2.61. The number of benzene rings is 2. The van der Waals surface area contributed by atoms with Crippen molar-refractivity contribution in [2.75, 3.05) is 13.7 Å². The van der Waals surface area contributed by atoms with Crippen molar-refractivity contribution < 1.29 is 13.9 Å². The Balaban J connectivity index is 1.69. The van der Waals surface area contributed by atoms with Crippen molar-refractivity contribution in [1.29, 1.82) is 0 Å². The molecule has 0 aliphatic rings. The number of methoxy groups -OCH3 is 1. The van der Waals surface area contributed by atoms with Gasteiger partial charge >= 0.3 is 0 Å². The third-order valence-electron chi connectivity index (χ3n) is 3.93. The predicted molar refractivity (Wildman–Crippen MR) is 89.7 cm³/mol. The molecule has 24 heavy (non-hydrogen) atoms. The highest BCUT2D eigenvalue weighted by Gasteiger charge is 2.12. The van der Waals surface area contributed by atoms with Gasteiger partial charge in [-0.1, -0.05) is 12.1 Å². The third-order valence-corrected chi connectivity index (χ3v) is 3.93. The minimum atomic E-state index is -0.523. The molecule has 1 amide bonds. The lowest BCUT2D eigenvalue weighted by molar-refractivity contribution is 0.0950. The van der Waals surface area contributed by atoms with Gasteiger partial charge < -0.3 is 14.6 Å². The molecule has 0 aliphatic carbocycles. The third kappa shape index (κ3) is 3.08. The first-order valence-electron chi connectivity index (χ1n) is 7.62. The summed E-state index contributed by atoms with van der Waals surface area (Å²) in [4.78, 5) is 16.6. The quantitative estimate of drug-likeness (QED) is 0.784. The second-order valence-corrected chi connectivity index (χ2v) is 5.43. The fraction of sp³-hybridized carbons (Fsp3) is 0.222. The lowest BCUT2D eigenvalue weighted by Gasteiger charge is -2.06. The molecule has 0 saturated carbocycles. The number of hydrogen-bond donors (Lipinski definition) is 1. The molecule has 5 nitrogen and oxygen atoms in total. The van der Waals surface area contributed by atoms with Crippen LogP contribution in [0.2, 0.25) is 0 Å². The molecule has 0 bridgehead atoms. The van der Waals surface area contributed by atoms with Gasteiger partial charge in [-0.3, -0.25) is 4.79 Å². The number of halogens is 1. The van der Waals surface area contributed by atoms with E-state index in [-0.39, 0.29) is 5.56 Å². The van der Waals surface area contributed by atoms with Crippen molar-refractivity contribution >= 4 is 16.9 Å². The molecule has 0 spiro atoms. The minimum absolute atomic E-state index is 0.0484. The normalized spacial score (nSPS) is 10.8. The lowest BCUT2D eigenvalue weighted by atomic mass is 10.2. The van der Waals surface area contributed by atoms with E-state index in [0.717, 1.165) is 22.6 Å². The Morgan fingerprint density at radius 1 is 1.29 bits per heavy atom. The molecule has 3 aromatic rings. The minimum Gasteiger partial charge on any atom is -0.497 e. The van der Waals surface area contributed by atoms with Crippen LogP contribution in [0.1, 0.15) is 16.2 Å². The number of aryl methyl sites for hydroxylation is 1. The first-order valence-corrected chi connectivity index (χ1v) is 7.62. The van der Waals surface area contributed by atoms with Gasteiger partial charge in [-0.25, -0.2) is 9.37 Å². The van der Waals surface area contributed by atoms with Crippen LogP contribution in [0, 0.1) is 5.82 Å². The zero-order valence-corrected chi connectivity index (χ0v) is 13.5. The van der Waals surface area contributed by atoms with E-state index in [1.54, 1.807) is 19.2 Å². The number of aromatic nitrogens is 2. The van der Waals surface area contributed by atoms with E-state index in [1.165, 1.54) is 12.1 Å².